The maximum atomic E-state index is 13.7. The maximum Gasteiger partial charge on any atom is 0.217 e. The second kappa shape index (κ2) is 10.3. The van der Waals surface area contributed by atoms with Gasteiger partial charge in [0.1, 0.15) is 6.10 Å². The van der Waals surface area contributed by atoms with Crippen LogP contribution in [0, 0.1) is 11.2 Å². The van der Waals surface area contributed by atoms with Gasteiger partial charge in [-0.25, -0.2) is 4.39 Å². The largest absolute Gasteiger partial charge is 0.505 e. The summed E-state index contributed by atoms with van der Waals surface area (Å²) in [5.74, 6) is -1.47. The predicted molar refractivity (Wildman–Crippen MR) is 126 cm³/mol. The molecule has 1 aliphatic heterocycles. The number of carbonyl (C=O) groups excluding carboxylic acids is 1. The molecule has 1 aromatic carbocycles. The summed E-state index contributed by atoms with van der Waals surface area (Å²) in [6.45, 7) is 8.12. The number of fused-ring (bicyclic) bond motifs is 1. The number of aliphatic hydroxyl groups is 1. The summed E-state index contributed by atoms with van der Waals surface area (Å²) < 4.78 is 19.4. The first-order chi connectivity index (χ1) is 15.5. The lowest BCUT2D eigenvalue weighted by Crippen LogP contribution is -2.48. The first-order valence-electron chi connectivity index (χ1n) is 11.1. The number of phenols is 1. The van der Waals surface area contributed by atoms with Gasteiger partial charge in [-0.2, -0.15) is 0 Å². The lowest BCUT2D eigenvalue weighted by Gasteiger charge is -2.29. The number of hydrogen-bond acceptors (Lipinski definition) is 5. The molecule has 1 amide bonds. The van der Waals surface area contributed by atoms with Crippen molar-refractivity contribution in [1.29, 1.82) is 0 Å². The van der Waals surface area contributed by atoms with Crippen LogP contribution in [-0.4, -0.2) is 40.9 Å². The second-order valence-corrected chi connectivity index (χ2v) is 9.79. The van der Waals surface area contributed by atoms with Gasteiger partial charge in [-0.3, -0.25) is 4.79 Å². The van der Waals surface area contributed by atoms with Gasteiger partial charge in [-0.05, 0) is 59.8 Å². The van der Waals surface area contributed by atoms with Crippen molar-refractivity contribution in [3.05, 3.63) is 77.0 Å². The number of aromatic hydroxyl groups is 1. The number of ether oxygens (including phenoxy) is 1. The molecule has 7 heteroatoms. The third-order valence-electron chi connectivity index (χ3n) is 5.46. The maximum absolute atomic E-state index is 13.7. The summed E-state index contributed by atoms with van der Waals surface area (Å²) >= 11 is 0. The topological polar surface area (TPSA) is 90.8 Å². The first kappa shape index (κ1) is 24.6. The number of phenolic OH excluding ortho intramolecular Hbond substituents is 1. The van der Waals surface area contributed by atoms with Gasteiger partial charge in [-0.1, -0.05) is 32.9 Å². The molecule has 0 saturated carbocycles. The minimum absolute atomic E-state index is 0.151. The van der Waals surface area contributed by atoms with Crippen molar-refractivity contribution in [3.63, 3.8) is 0 Å². The molecule has 0 saturated heterocycles. The van der Waals surface area contributed by atoms with Crippen molar-refractivity contribution in [2.24, 2.45) is 5.41 Å². The Morgan fingerprint density at radius 3 is 2.70 bits per heavy atom. The summed E-state index contributed by atoms with van der Waals surface area (Å²) in [6, 6.07) is 3.40. The minimum Gasteiger partial charge on any atom is -0.505 e. The average molecular weight is 457 g/mol. The number of allylic oxidation sites excluding steroid dienone is 3. The summed E-state index contributed by atoms with van der Waals surface area (Å²) in [4.78, 5) is 11.7. The Hall–Kier alpha value is -3.06. The Kier molecular flexibility index (Phi) is 7.64. The SMILES string of the molecule is CC(=O)NC(Cc1ccc(O)c(F)c1)C(O)CNC1=C2C=C(CC(C)(C)C)C=CC2OC=C1. The van der Waals surface area contributed by atoms with Crippen LogP contribution in [0.2, 0.25) is 0 Å². The molecule has 33 heavy (non-hydrogen) atoms. The van der Waals surface area contributed by atoms with Crippen molar-refractivity contribution in [2.75, 3.05) is 6.54 Å². The van der Waals surface area contributed by atoms with Crippen LogP contribution < -0.4 is 10.6 Å². The number of rotatable bonds is 8. The highest BCUT2D eigenvalue weighted by Crippen LogP contribution is 2.31. The van der Waals surface area contributed by atoms with Crippen LogP contribution in [0.1, 0.15) is 39.7 Å². The molecule has 0 fully saturated rings. The molecular formula is C26H33FN2O4. The number of hydrogen-bond donors (Lipinski definition) is 4. The van der Waals surface area contributed by atoms with E-state index in [1.807, 2.05) is 12.2 Å². The smallest absolute Gasteiger partial charge is 0.217 e. The van der Waals surface area contributed by atoms with Gasteiger partial charge in [0.25, 0.3) is 0 Å². The molecule has 4 N–H and O–H groups in total. The van der Waals surface area contributed by atoms with Crippen LogP contribution in [-0.2, 0) is 16.0 Å². The van der Waals surface area contributed by atoms with E-state index in [4.69, 9.17) is 4.74 Å². The van der Waals surface area contributed by atoms with E-state index in [-0.39, 0.29) is 30.4 Å². The quantitative estimate of drug-likeness (QED) is 0.480. The zero-order chi connectivity index (χ0) is 24.2. The normalized spacial score (nSPS) is 19.3. The number of carbonyl (C=O) groups is 1. The Morgan fingerprint density at radius 2 is 2.03 bits per heavy atom. The number of aliphatic hydroxyl groups excluding tert-OH is 1. The molecule has 1 aliphatic carbocycles. The van der Waals surface area contributed by atoms with Gasteiger partial charge < -0.3 is 25.6 Å². The molecule has 0 spiro atoms. The zero-order valence-electron chi connectivity index (χ0n) is 19.6. The van der Waals surface area contributed by atoms with E-state index in [0.717, 1.165) is 17.7 Å². The van der Waals surface area contributed by atoms with Crippen LogP contribution in [0.5, 0.6) is 5.75 Å². The highest BCUT2D eigenvalue weighted by Gasteiger charge is 2.25. The standard InChI is InChI=1S/C26H33FN2O4/c1-16(30)29-22(13-17-5-7-23(31)20(27)12-17)24(32)15-28-21-9-10-33-25-8-6-18(11-19(21)25)14-26(2,3)4/h5-12,22,24-25,28,31-32H,13-15H2,1-4H3,(H,29,30). The van der Waals surface area contributed by atoms with Gasteiger partial charge in [0.2, 0.25) is 5.91 Å². The number of amides is 1. The van der Waals surface area contributed by atoms with Crippen LogP contribution >= 0.6 is 0 Å². The average Bonchev–Trinajstić information content (AvgIpc) is 2.72. The van der Waals surface area contributed by atoms with Crippen molar-refractivity contribution in [3.8, 4) is 5.75 Å². The van der Waals surface area contributed by atoms with Crippen LogP contribution in [0.25, 0.3) is 0 Å². The van der Waals surface area contributed by atoms with E-state index in [2.05, 4.69) is 43.6 Å². The summed E-state index contributed by atoms with van der Waals surface area (Å²) in [6.07, 6.45) is 9.70. The zero-order valence-corrected chi connectivity index (χ0v) is 19.6. The highest BCUT2D eigenvalue weighted by molar-refractivity contribution is 5.73. The van der Waals surface area contributed by atoms with E-state index in [1.54, 1.807) is 12.3 Å². The fourth-order valence-electron chi connectivity index (χ4n) is 4.00. The van der Waals surface area contributed by atoms with E-state index >= 15 is 0 Å². The molecule has 2 aliphatic rings. The van der Waals surface area contributed by atoms with Gasteiger partial charge in [0.05, 0.1) is 18.4 Å². The third kappa shape index (κ3) is 6.96. The van der Waals surface area contributed by atoms with Crippen LogP contribution in [0.15, 0.2) is 65.6 Å². The van der Waals surface area contributed by atoms with Crippen molar-refractivity contribution in [2.45, 2.75) is 58.8 Å². The van der Waals surface area contributed by atoms with Crippen molar-refractivity contribution < 1.29 is 24.1 Å². The molecule has 1 aromatic rings. The molecule has 3 unspecified atom stereocenters. The van der Waals surface area contributed by atoms with Gasteiger partial charge in [0.15, 0.2) is 11.6 Å². The molecule has 0 aromatic heterocycles. The third-order valence-corrected chi connectivity index (χ3v) is 5.46. The van der Waals surface area contributed by atoms with Crippen LogP contribution in [0.3, 0.4) is 0 Å². The number of halogens is 1. The lowest BCUT2D eigenvalue weighted by molar-refractivity contribution is -0.120. The van der Waals surface area contributed by atoms with Gasteiger partial charge >= 0.3 is 0 Å². The second-order valence-electron chi connectivity index (χ2n) is 9.79. The number of benzene rings is 1. The van der Waals surface area contributed by atoms with Gasteiger partial charge in [-0.15, -0.1) is 0 Å². The Morgan fingerprint density at radius 1 is 1.27 bits per heavy atom. The molecule has 0 bridgehead atoms. The molecule has 3 rings (SSSR count). The molecule has 1 heterocycles. The Balaban J connectivity index is 1.73. The molecule has 6 nitrogen and oxygen atoms in total. The van der Waals surface area contributed by atoms with Crippen LogP contribution in [0.4, 0.5) is 4.39 Å². The first-order valence-corrected chi connectivity index (χ1v) is 11.1. The predicted octanol–water partition coefficient (Wildman–Crippen LogP) is 3.63. The molecule has 3 atom stereocenters. The minimum atomic E-state index is -0.939. The Labute approximate surface area is 194 Å². The summed E-state index contributed by atoms with van der Waals surface area (Å²) in [7, 11) is 0. The van der Waals surface area contributed by atoms with Gasteiger partial charge in [0, 0.05) is 24.7 Å². The molecule has 178 valence electrons. The van der Waals surface area contributed by atoms with Crippen molar-refractivity contribution in [1.82, 2.24) is 10.6 Å². The fourth-order valence-corrected chi connectivity index (χ4v) is 4.00. The van der Waals surface area contributed by atoms with E-state index < -0.39 is 23.7 Å². The summed E-state index contributed by atoms with van der Waals surface area (Å²) in [5, 5.41) is 26.3. The van der Waals surface area contributed by atoms with E-state index in [1.165, 1.54) is 24.6 Å². The number of nitrogens with one attached hydrogen (secondary N) is 2. The Bertz CT molecular complexity index is 1000. The lowest BCUT2D eigenvalue weighted by atomic mass is 9.84. The van der Waals surface area contributed by atoms with E-state index in [9.17, 15) is 19.4 Å². The fraction of sp³-hybridized carbons (Fsp3) is 0.423. The summed E-state index contributed by atoms with van der Waals surface area (Å²) in [5.41, 5.74) is 3.75. The molecular weight excluding hydrogens is 423 g/mol. The molecule has 0 radical (unpaired) electrons. The highest BCUT2D eigenvalue weighted by atomic mass is 19.1. The van der Waals surface area contributed by atoms with E-state index in [0.29, 0.717) is 5.56 Å². The monoisotopic (exact) mass is 456 g/mol. The van der Waals surface area contributed by atoms with Crippen molar-refractivity contribution >= 4 is 5.91 Å².